The van der Waals surface area contributed by atoms with Crippen LogP contribution in [-0.2, 0) is 20.9 Å². The zero-order valence-corrected chi connectivity index (χ0v) is 8.30. The summed E-state index contributed by atoms with van der Waals surface area (Å²) in [5, 5.41) is 1.98. The van der Waals surface area contributed by atoms with Crippen LogP contribution in [0.3, 0.4) is 0 Å². The van der Waals surface area contributed by atoms with Crippen LogP contribution in [0.4, 0.5) is 0 Å². The molecule has 0 atom stereocenters. The predicted octanol–water partition coefficient (Wildman–Crippen LogP) is 1.83. The molecule has 4 heteroatoms. The van der Waals surface area contributed by atoms with E-state index in [0.29, 0.717) is 13.2 Å². The van der Waals surface area contributed by atoms with Gasteiger partial charge in [-0.05, 0) is 18.4 Å². The van der Waals surface area contributed by atoms with E-state index in [1.54, 1.807) is 18.3 Å². The molecule has 0 aliphatic heterocycles. The second-order valence-corrected chi connectivity index (χ2v) is 3.41. The van der Waals surface area contributed by atoms with Crippen molar-refractivity contribution in [1.29, 1.82) is 0 Å². The van der Waals surface area contributed by atoms with E-state index in [0.717, 1.165) is 4.88 Å². The van der Waals surface area contributed by atoms with Crippen molar-refractivity contribution >= 4 is 17.3 Å². The molecule has 0 saturated heterocycles. The van der Waals surface area contributed by atoms with E-state index in [1.807, 2.05) is 17.5 Å². The van der Waals surface area contributed by atoms with Gasteiger partial charge in [0, 0.05) is 4.88 Å². The number of thiophene rings is 1. The SMILES string of the molecule is CCOC(=O)COCc1cccs1. The van der Waals surface area contributed by atoms with Crippen molar-refractivity contribution < 1.29 is 14.3 Å². The lowest BCUT2D eigenvalue weighted by atomic mass is 10.5. The molecule has 0 amide bonds. The van der Waals surface area contributed by atoms with Gasteiger partial charge in [-0.25, -0.2) is 4.79 Å². The number of hydrogen-bond donors (Lipinski definition) is 0. The van der Waals surface area contributed by atoms with Crippen LogP contribution >= 0.6 is 11.3 Å². The van der Waals surface area contributed by atoms with Crippen LogP contribution < -0.4 is 0 Å². The van der Waals surface area contributed by atoms with Crippen molar-refractivity contribution in [3.8, 4) is 0 Å². The van der Waals surface area contributed by atoms with Gasteiger partial charge >= 0.3 is 5.97 Å². The van der Waals surface area contributed by atoms with Crippen LogP contribution in [0.2, 0.25) is 0 Å². The highest BCUT2D eigenvalue weighted by Gasteiger charge is 2.01. The number of carbonyl (C=O) groups is 1. The summed E-state index contributed by atoms with van der Waals surface area (Å²) in [7, 11) is 0. The highest BCUT2D eigenvalue weighted by molar-refractivity contribution is 7.09. The van der Waals surface area contributed by atoms with Crippen LogP contribution in [0.5, 0.6) is 0 Å². The molecular formula is C9H12O3S. The minimum atomic E-state index is -0.306. The van der Waals surface area contributed by atoms with Gasteiger partial charge in [0.05, 0.1) is 13.2 Å². The fourth-order valence-electron chi connectivity index (χ4n) is 0.832. The van der Waals surface area contributed by atoms with Gasteiger partial charge in [-0.3, -0.25) is 0 Å². The highest BCUT2D eigenvalue weighted by atomic mass is 32.1. The van der Waals surface area contributed by atoms with Gasteiger partial charge < -0.3 is 9.47 Å². The van der Waals surface area contributed by atoms with Gasteiger partial charge in [-0.1, -0.05) is 6.07 Å². The second-order valence-electron chi connectivity index (χ2n) is 2.38. The lowest BCUT2D eigenvalue weighted by Gasteiger charge is -2.01. The Kier molecular flexibility index (Phi) is 4.49. The van der Waals surface area contributed by atoms with Crippen molar-refractivity contribution in [2.24, 2.45) is 0 Å². The van der Waals surface area contributed by atoms with Crippen LogP contribution in [0.25, 0.3) is 0 Å². The number of esters is 1. The summed E-state index contributed by atoms with van der Waals surface area (Å²) >= 11 is 1.61. The molecule has 0 bridgehead atoms. The Morgan fingerprint density at radius 3 is 3.08 bits per heavy atom. The topological polar surface area (TPSA) is 35.5 Å². The highest BCUT2D eigenvalue weighted by Crippen LogP contribution is 2.09. The van der Waals surface area contributed by atoms with Crippen LogP contribution in [-0.4, -0.2) is 19.2 Å². The van der Waals surface area contributed by atoms with Gasteiger partial charge in [0.1, 0.15) is 6.61 Å². The summed E-state index contributed by atoms with van der Waals surface area (Å²) in [6.07, 6.45) is 0. The van der Waals surface area contributed by atoms with E-state index in [2.05, 4.69) is 0 Å². The zero-order valence-electron chi connectivity index (χ0n) is 7.49. The van der Waals surface area contributed by atoms with Gasteiger partial charge in [-0.15, -0.1) is 11.3 Å². The zero-order chi connectivity index (χ0) is 9.52. The fraction of sp³-hybridized carbons (Fsp3) is 0.444. The van der Waals surface area contributed by atoms with Crippen LogP contribution in [0.15, 0.2) is 17.5 Å². The van der Waals surface area contributed by atoms with E-state index in [1.165, 1.54) is 0 Å². The minimum Gasteiger partial charge on any atom is -0.464 e. The Hall–Kier alpha value is -0.870. The number of hydrogen-bond acceptors (Lipinski definition) is 4. The molecule has 0 fully saturated rings. The number of carbonyl (C=O) groups excluding carboxylic acids is 1. The maximum Gasteiger partial charge on any atom is 0.332 e. The van der Waals surface area contributed by atoms with Gasteiger partial charge in [0.2, 0.25) is 0 Å². The third-order valence-electron chi connectivity index (χ3n) is 1.35. The molecule has 0 unspecified atom stereocenters. The minimum absolute atomic E-state index is 0.0335. The first-order chi connectivity index (χ1) is 6.33. The Balaban J connectivity index is 2.11. The molecule has 3 nitrogen and oxygen atoms in total. The molecule has 13 heavy (non-hydrogen) atoms. The molecular weight excluding hydrogens is 188 g/mol. The number of ether oxygens (including phenoxy) is 2. The van der Waals surface area contributed by atoms with Crippen LogP contribution in [0, 0.1) is 0 Å². The van der Waals surface area contributed by atoms with Crippen molar-refractivity contribution in [2.45, 2.75) is 13.5 Å². The first kappa shape index (κ1) is 10.2. The Labute approximate surface area is 81.3 Å². The molecule has 0 spiro atoms. The van der Waals surface area contributed by atoms with Gasteiger partial charge in [-0.2, -0.15) is 0 Å². The van der Waals surface area contributed by atoms with Gasteiger partial charge in [0.15, 0.2) is 0 Å². The average Bonchev–Trinajstić information content (AvgIpc) is 2.57. The first-order valence-corrected chi connectivity index (χ1v) is 4.96. The molecule has 0 saturated carbocycles. The Bertz CT molecular complexity index is 243. The smallest absolute Gasteiger partial charge is 0.332 e. The molecule has 1 aromatic rings. The van der Waals surface area contributed by atoms with E-state index < -0.39 is 0 Å². The number of rotatable bonds is 5. The van der Waals surface area contributed by atoms with Crippen molar-refractivity contribution in [3.63, 3.8) is 0 Å². The van der Waals surface area contributed by atoms with Crippen molar-refractivity contribution in [2.75, 3.05) is 13.2 Å². The lowest BCUT2D eigenvalue weighted by molar-refractivity contribution is -0.148. The summed E-state index contributed by atoms with van der Waals surface area (Å²) in [5.74, 6) is -0.306. The van der Waals surface area contributed by atoms with Crippen LogP contribution in [0.1, 0.15) is 11.8 Å². The maximum absolute atomic E-state index is 10.8. The standard InChI is InChI=1S/C9H12O3S/c1-2-12-9(10)7-11-6-8-4-3-5-13-8/h3-5H,2,6-7H2,1H3. The fourth-order valence-corrected chi connectivity index (χ4v) is 1.47. The Morgan fingerprint density at radius 2 is 2.46 bits per heavy atom. The molecule has 1 aromatic heterocycles. The van der Waals surface area contributed by atoms with E-state index in [-0.39, 0.29) is 12.6 Å². The molecule has 0 N–H and O–H groups in total. The molecule has 0 radical (unpaired) electrons. The molecule has 72 valence electrons. The van der Waals surface area contributed by atoms with Crippen molar-refractivity contribution in [3.05, 3.63) is 22.4 Å². The second kappa shape index (κ2) is 5.72. The predicted molar refractivity (Wildman–Crippen MR) is 50.6 cm³/mol. The van der Waals surface area contributed by atoms with E-state index >= 15 is 0 Å². The summed E-state index contributed by atoms with van der Waals surface area (Å²) < 4.78 is 9.83. The summed E-state index contributed by atoms with van der Waals surface area (Å²) in [4.78, 5) is 11.9. The van der Waals surface area contributed by atoms with E-state index in [9.17, 15) is 4.79 Å². The van der Waals surface area contributed by atoms with Gasteiger partial charge in [0.25, 0.3) is 0 Å². The monoisotopic (exact) mass is 200 g/mol. The first-order valence-electron chi connectivity index (χ1n) is 4.08. The molecule has 1 heterocycles. The lowest BCUT2D eigenvalue weighted by Crippen LogP contribution is -2.11. The third kappa shape index (κ3) is 4.05. The normalized spacial score (nSPS) is 9.92. The largest absolute Gasteiger partial charge is 0.464 e. The maximum atomic E-state index is 10.8. The Morgan fingerprint density at radius 1 is 1.62 bits per heavy atom. The van der Waals surface area contributed by atoms with Crippen molar-refractivity contribution in [1.82, 2.24) is 0 Å². The summed E-state index contributed by atoms with van der Waals surface area (Å²) in [6.45, 7) is 2.70. The quantitative estimate of drug-likeness (QED) is 0.680. The molecule has 0 aliphatic carbocycles. The average molecular weight is 200 g/mol. The molecule has 0 aromatic carbocycles. The molecule has 1 rings (SSSR count). The third-order valence-corrected chi connectivity index (χ3v) is 2.20. The summed E-state index contributed by atoms with van der Waals surface area (Å²) in [5.41, 5.74) is 0. The molecule has 0 aliphatic rings. The van der Waals surface area contributed by atoms with E-state index in [4.69, 9.17) is 9.47 Å². The summed E-state index contributed by atoms with van der Waals surface area (Å²) in [6, 6.07) is 3.92.